The minimum Gasteiger partial charge on any atom is -0.355 e. The van der Waals surface area contributed by atoms with Gasteiger partial charge in [0.05, 0.1) is 5.92 Å². The maximum absolute atomic E-state index is 12.1. The highest BCUT2D eigenvalue weighted by Crippen LogP contribution is 2.13. The summed E-state index contributed by atoms with van der Waals surface area (Å²) in [6, 6.07) is 9.51. The largest absolute Gasteiger partial charge is 0.355 e. The van der Waals surface area contributed by atoms with Crippen LogP contribution in [0.2, 0.25) is 0 Å². The number of carbonyl (C=O) groups excluding carboxylic acids is 1. The molecule has 106 valence electrons. The maximum atomic E-state index is 12.1. The third kappa shape index (κ3) is 3.64. The molecule has 1 atom stereocenters. The number of hydrogen-bond acceptors (Lipinski definition) is 5. The Bertz CT molecular complexity index is 553. The molecule has 0 aliphatic carbocycles. The van der Waals surface area contributed by atoms with E-state index in [9.17, 15) is 4.79 Å². The van der Waals surface area contributed by atoms with Crippen molar-refractivity contribution in [1.82, 2.24) is 15.5 Å². The van der Waals surface area contributed by atoms with Crippen molar-refractivity contribution in [2.24, 2.45) is 5.73 Å². The zero-order valence-corrected chi connectivity index (χ0v) is 11.4. The molecule has 0 saturated carbocycles. The molecule has 3 N–H and O–H groups in total. The van der Waals surface area contributed by atoms with E-state index >= 15 is 0 Å². The summed E-state index contributed by atoms with van der Waals surface area (Å²) in [6.07, 6.45) is 0.537. The molecule has 0 aliphatic rings. The van der Waals surface area contributed by atoms with E-state index in [0.29, 0.717) is 24.7 Å². The molecule has 2 rings (SSSR count). The van der Waals surface area contributed by atoms with Crippen LogP contribution in [0.25, 0.3) is 0 Å². The number of nitrogens with one attached hydrogen (secondary N) is 1. The predicted molar refractivity (Wildman–Crippen MR) is 74.0 cm³/mol. The van der Waals surface area contributed by atoms with Gasteiger partial charge in [-0.05, 0) is 5.56 Å². The molecular formula is C14H18N4O2. The van der Waals surface area contributed by atoms with Crippen LogP contribution in [0.1, 0.15) is 23.2 Å². The van der Waals surface area contributed by atoms with Crippen molar-refractivity contribution in [1.29, 1.82) is 0 Å². The third-order valence-electron chi connectivity index (χ3n) is 2.97. The molecule has 1 heterocycles. The van der Waals surface area contributed by atoms with Crippen molar-refractivity contribution < 1.29 is 9.32 Å². The average Bonchev–Trinajstić information content (AvgIpc) is 2.86. The fraction of sp³-hybridized carbons (Fsp3) is 0.357. The van der Waals surface area contributed by atoms with E-state index in [1.54, 1.807) is 6.92 Å². The first-order valence-corrected chi connectivity index (χ1v) is 6.52. The van der Waals surface area contributed by atoms with Crippen LogP contribution in [-0.2, 0) is 11.2 Å². The smallest absolute Gasteiger partial charge is 0.228 e. The first-order chi connectivity index (χ1) is 9.70. The molecule has 2 aromatic rings. The Hall–Kier alpha value is -2.21. The number of amides is 1. The predicted octanol–water partition coefficient (Wildman–Crippen LogP) is 0.779. The summed E-state index contributed by atoms with van der Waals surface area (Å²) in [5, 5.41) is 6.62. The lowest BCUT2D eigenvalue weighted by Crippen LogP contribution is -2.34. The Balaban J connectivity index is 1.87. The normalized spacial score (nSPS) is 12.1. The lowest BCUT2D eigenvalue weighted by Gasteiger charge is -2.14. The molecule has 20 heavy (non-hydrogen) atoms. The third-order valence-corrected chi connectivity index (χ3v) is 2.97. The van der Waals surface area contributed by atoms with Gasteiger partial charge in [0, 0.05) is 26.4 Å². The number of rotatable bonds is 6. The van der Waals surface area contributed by atoms with Crippen molar-refractivity contribution in [3.63, 3.8) is 0 Å². The minimum absolute atomic E-state index is 0.0843. The van der Waals surface area contributed by atoms with Gasteiger partial charge in [-0.3, -0.25) is 4.79 Å². The number of benzene rings is 1. The summed E-state index contributed by atoms with van der Waals surface area (Å²) in [6.45, 7) is 2.47. The molecule has 0 saturated heterocycles. The highest BCUT2D eigenvalue weighted by Gasteiger charge is 2.18. The fourth-order valence-electron chi connectivity index (χ4n) is 1.94. The summed E-state index contributed by atoms with van der Waals surface area (Å²) < 4.78 is 4.87. The van der Waals surface area contributed by atoms with Crippen LogP contribution >= 0.6 is 0 Å². The summed E-state index contributed by atoms with van der Waals surface area (Å²) in [5.74, 6) is 0.698. The molecule has 0 bridgehead atoms. The van der Waals surface area contributed by atoms with Gasteiger partial charge in [-0.15, -0.1) is 0 Å². The van der Waals surface area contributed by atoms with Crippen molar-refractivity contribution in [3.05, 3.63) is 47.6 Å². The van der Waals surface area contributed by atoms with Crippen molar-refractivity contribution in [3.8, 4) is 0 Å². The Labute approximate surface area is 117 Å². The van der Waals surface area contributed by atoms with Gasteiger partial charge in [0.1, 0.15) is 0 Å². The molecule has 1 unspecified atom stereocenters. The average molecular weight is 274 g/mol. The second-order valence-corrected chi connectivity index (χ2v) is 4.47. The van der Waals surface area contributed by atoms with Crippen LogP contribution in [0.5, 0.6) is 0 Å². The molecular weight excluding hydrogens is 256 g/mol. The summed E-state index contributed by atoms with van der Waals surface area (Å²) in [5.41, 5.74) is 6.61. The molecule has 6 heteroatoms. The van der Waals surface area contributed by atoms with E-state index < -0.39 is 0 Å². The number of nitrogens with zero attached hydrogens (tertiary/aromatic N) is 2. The Morgan fingerprint density at radius 1 is 1.40 bits per heavy atom. The Morgan fingerprint density at radius 2 is 2.15 bits per heavy atom. The van der Waals surface area contributed by atoms with Gasteiger partial charge in [0.2, 0.25) is 11.8 Å². The van der Waals surface area contributed by atoms with E-state index in [2.05, 4.69) is 15.5 Å². The standard InChI is InChI=1S/C14H18N4O2/c1-10-17-13(18-20-10)7-8-16-14(19)12(9-15)11-5-3-2-4-6-11/h2-6,12H,7-9,15H2,1H3,(H,16,19). The number of aromatic nitrogens is 2. The highest BCUT2D eigenvalue weighted by molar-refractivity contribution is 5.83. The number of hydrogen-bond donors (Lipinski definition) is 2. The zero-order valence-electron chi connectivity index (χ0n) is 11.4. The van der Waals surface area contributed by atoms with E-state index in [1.165, 1.54) is 0 Å². The van der Waals surface area contributed by atoms with Gasteiger partial charge < -0.3 is 15.6 Å². The van der Waals surface area contributed by atoms with E-state index in [4.69, 9.17) is 10.3 Å². The monoisotopic (exact) mass is 274 g/mol. The van der Waals surface area contributed by atoms with E-state index in [1.807, 2.05) is 30.3 Å². The summed E-state index contributed by atoms with van der Waals surface area (Å²) >= 11 is 0. The lowest BCUT2D eigenvalue weighted by molar-refractivity contribution is -0.122. The van der Waals surface area contributed by atoms with Gasteiger partial charge >= 0.3 is 0 Å². The number of carbonyl (C=O) groups is 1. The van der Waals surface area contributed by atoms with E-state index in [0.717, 1.165) is 5.56 Å². The van der Waals surface area contributed by atoms with Crippen molar-refractivity contribution >= 4 is 5.91 Å². The molecule has 0 spiro atoms. The highest BCUT2D eigenvalue weighted by atomic mass is 16.5. The first kappa shape index (κ1) is 14.2. The number of aryl methyl sites for hydroxylation is 1. The van der Waals surface area contributed by atoms with Crippen LogP contribution in [0.15, 0.2) is 34.9 Å². The van der Waals surface area contributed by atoms with Gasteiger partial charge in [-0.25, -0.2) is 0 Å². The maximum Gasteiger partial charge on any atom is 0.228 e. The second-order valence-electron chi connectivity index (χ2n) is 4.47. The van der Waals surface area contributed by atoms with Crippen molar-refractivity contribution in [2.45, 2.75) is 19.3 Å². The van der Waals surface area contributed by atoms with E-state index in [-0.39, 0.29) is 18.4 Å². The van der Waals surface area contributed by atoms with Crippen molar-refractivity contribution in [2.75, 3.05) is 13.1 Å². The molecule has 1 aromatic carbocycles. The van der Waals surface area contributed by atoms with Crippen LogP contribution in [0.4, 0.5) is 0 Å². The summed E-state index contributed by atoms with van der Waals surface area (Å²) in [7, 11) is 0. The Kier molecular flexibility index (Phi) is 4.84. The molecule has 0 fully saturated rings. The molecule has 0 radical (unpaired) electrons. The molecule has 6 nitrogen and oxygen atoms in total. The van der Waals surface area contributed by atoms with Gasteiger partial charge in [0.25, 0.3) is 0 Å². The van der Waals surface area contributed by atoms with Gasteiger partial charge in [-0.1, -0.05) is 35.5 Å². The molecule has 0 aliphatic heterocycles. The lowest BCUT2D eigenvalue weighted by atomic mass is 9.98. The Morgan fingerprint density at radius 3 is 2.75 bits per heavy atom. The zero-order chi connectivity index (χ0) is 14.4. The second kappa shape index (κ2) is 6.81. The first-order valence-electron chi connectivity index (χ1n) is 6.52. The number of nitrogens with two attached hydrogens (primary N) is 1. The molecule has 1 aromatic heterocycles. The SMILES string of the molecule is Cc1nc(CCNC(=O)C(CN)c2ccccc2)no1. The quantitative estimate of drug-likeness (QED) is 0.811. The van der Waals surface area contributed by atoms with Gasteiger partial charge in [0.15, 0.2) is 5.82 Å². The van der Waals surface area contributed by atoms with Crippen LogP contribution in [0, 0.1) is 6.92 Å². The van der Waals surface area contributed by atoms with Crippen LogP contribution in [0.3, 0.4) is 0 Å². The minimum atomic E-state index is -0.330. The van der Waals surface area contributed by atoms with Crippen LogP contribution < -0.4 is 11.1 Å². The fourth-order valence-corrected chi connectivity index (χ4v) is 1.94. The topological polar surface area (TPSA) is 94.0 Å². The molecule has 1 amide bonds. The van der Waals surface area contributed by atoms with Gasteiger partial charge in [-0.2, -0.15) is 4.98 Å². The summed E-state index contributed by atoms with van der Waals surface area (Å²) in [4.78, 5) is 16.2. The van der Waals surface area contributed by atoms with Crippen LogP contribution in [-0.4, -0.2) is 29.1 Å².